The number of carbonyl (C=O) groups excluding carboxylic acids is 1. The standard InChI is InChI=1S/C23H28Cl2N2O3S/c1-2-3-5-17-7-11-21(12-8-17)26-23(28)18-6-4-13-27(15-18)31(29,30)16-19-9-10-20(24)14-22(19)25/h7-12,14,18H,2-6,13,15-16H2,1H3,(H,26,28)/t18-/m0/s1. The Morgan fingerprint density at radius 3 is 2.58 bits per heavy atom. The maximum absolute atomic E-state index is 12.9. The van der Waals surface area contributed by atoms with Crippen LogP contribution >= 0.6 is 23.2 Å². The summed E-state index contributed by atoms with van der Waals surface area (Å²) in [6.07, 6.45) is 4.61. The molecule has 1 heterocycles. The average molecular weight is 483 g/mol. The minimum atomic E-state index is -3.60. The maximum atomic E-state index is 12.9. The molecular weight excluding hydrogens is 455 g/mol. The smallest absolute Gasteiger partial charge is 0.228 e. The minimum Gasteiger partial charge on any atom is -0.326 e. The van der Waals surface area contributed by atoms with E-state index in [1.807, 2.05) is 24.3 Å². The van der Waals surface area contributed by atoms with Crippen LogP contribution in [0.4, 0.5) is 5.69 Å². The third-order valence-corrected chi connectivity index (χ3v) is 7.92. The number of sulfonamides is 1. The molecule has 0 unspecified atom stereocenters. The molecule has 0 radical (unpaired) electrons. The van der Waals surface area contributed by atoms with Crippen LogP contribution in [0.25, 0.3) is 0 Å². The first kappa shape index (κ1) is 24.1. The molecule has 31 heavy (non-hydrogen) atoms. The Balaban J connectivity index is 1.61. The fraction of sp³-hybridized carbons (Fsp3) is 0.435. The largest absolute Gasteiger partial charge is 0.326 e. The number of unbranched alkanes of at least 4 members (excludes halogenated alkanes) is 1. The Morgan fingerprint density at radius 1 is 1.16 bits per heavy atom. The quantitative estimate of drug-likeness (QED) is 0.538. The zero-order valence-electron chi connectivity index (χ0n) is 17.6. The molecular formula is C23H28Cl2N2O3S. The van der Waals surface area contributed by atoms with E-state index in [0.717, 1.165) is 24.9 Å². The van der Waals surface area contributed by atoms with Crippen molar-refractivity contribution in [2.24, 2.45) is 5.92 Å². The van der Waals surface area contributed by atoms with Crippen LogP contribution < -0.4 is 5.32 Å². The first-order valence-electron chi connectivity index (χ1n) is 10.6. The number of rotatable bonds is 8. The predicted molar refractivity (Wildman–Crippen MR) is 127 cm³/mol. The number of carbonyl (C=O) groups is 1. The molecule has 1 atom stereocenters. The molecule has 3 rings (SSSR count). The summed E-state index contributed by atoms with van der Waals surface area (Å²) in [7, 11) is -3.60. The number of hydrogen-bond acceptors (Lipinski definition) is 3. The number of benzene rings is 2. The predicted octanol–water partition coefficient (Wildman–Crippen LogP) is 5.52. The van der Waals surface area contributed by atoms with Crippen LogP contribution in [0.3, 0.4) is 0 Å². The van der Waals surface area contributed by atoms with Gasteiger partial charge in [-0.2, -0.15) is 0 Å². The molecule has 1 aliphatic heterocycles. The molecule has 0 aliphatic carbocycles. The van der Waals surface area contributed by atoms with Crippen molar-refractivity contribution in [2.75, 3.05) is 18.4 Å². The lowest BCUT2D eigenvalue weighted by molar-refractivity contribution is -0.120. The van der Waals surface area contributed by atoms with Gasteiger partial charge in [0.15, 0.2) is 0 Å². The Morgan fingerprint density at radius 2 is 1.90 bits per heavy atom. The summed E-state index contributed by atoms with van der Waals surface area (Å²) in [5, 5.41) is 3.72. The molecule has 1 saturated heterocycles. The summed E-state index contributed by atoms with van der Waals surface area (Å²) in [4.78, 5) is 12.8. The highest BCUT2D eigenvalue weighted by Gasteiger charge is 2.32. The monoisotopic (exact) mass is 482 g/mol. The van der Waals surface area contributed by atoms with Crippen LogP contribution in [0.5, 0.6) is 0 Å². The van der Waals surface area contributed by atoms with E-state index in [4.69, 9.17) is 23.2 Å². The highest BCUT2D eigenvalue weighted by molar-refractivity contribution is 7.88. The van der Waals surface area contributed by atoms with Crippen molar-refractivity contribution in [3.63, 3.8) is 0 Å². The number of piperidine rings is 1. The van der Waals surface area contributed by atoms with Crippen molar-refractivity contribution >= 4 is 44.8 Å². The average Bonchev–Trinajstić information content (AvgIpc) is 2.75. The fourth-order valence-corrected chi connectivity index (χ4v) is 5.91. The molecule has 1 fully saturated rings. The SMILES string of the molecule is CCCCc1ccc(NC(=O)[C@H]2CCCN(S(=O)(=O)Cc3ccc(Cl)cc3Cl)C2)cc1. The summed E-state index contributed by atoms with van der Waals surface area (Å²) >= 11 is 12.1. The van der Waals surface area contributed by atoms with Gasteiger partial charge >= 0.3 is 0 Å². The highest BCUT2D eigenvalue weighted by Crippen LogP contribution is 2.27. The summed E-state index contributed by atoms with van der Waals surface area (Å²) in [6.45, 7) is 2.74. The molecule has 2 aromatic carbocycles. The summed E-state index contributed by atoms with van der Waals surface area (Å²) in [6, 6.07) is 12.6. The van der Waals surface area contributed by atoms with E-state index >= 15 is 0 Å². The Bertz CT molecular complexity index is 1010. The molecule has 0 aromatic heterocycles. The molecule has 0 saturated carbocycles. The lowest BCUT2D eigenvalue weighted by Gasteiger charge is -2.31. The van der Waals surface area contributed by atoms with Gasteiger partial charge in [-0.1, -0.05) is 54.7 Å². The van der Waals surface area contributed by atoms with Gasteiger partial charge in [-0.05, 0) is 61.1 Å². The van der Waals surface area contributed by atoms with Gasteiger partial charge in [-0.3, -0.25) is 4.79 Å². The first-order chi connectivity index (χ1) is 14.8. The number of nitrogens with zero attached hydrogens (tertiary/aromatic N) is 1. The van der Waals surface area contributed by atoms with E-state index in [1.165, 1.54) is 15.9 Å². The van der Waals surface area contributed by atoms with Crippen LogP contribution in [0.1, 0.15) is 43.7 Å². The molecule has 1 amide bonds. The van der Waals surface area contributed by atoms with Crippen molar-refractivity contribution in [1.82, 2.24) is 4.31 Å². The Kier molecular flexibility index (Phi) is 8.39. The molecule has 2 aromatic rings. The van der Waals surface area contributed by atoms with Crippen molar-refractivity contribution in [3.8, 4) is 0 Å². The van der Waals surface area contributed by atoms with Gasteiger partial charge in [0, 0.05) is 28.8 Å². The van der Waals surface area contributed by atoms with Gasteiger partial charge in [0.25, 0.3) is 0 Å². The molecule has 0 bridgehead atoms. The van der Waals surface area contributed by atoms with Gasteiger partial charge in [-0.15, -0.1) is 0 Å². The maximum Gasteiger partial charge on any atom is 0.228 e. The normalized spacial score (nSPS) is 17.5. The molecule has 5 nitrogen and oxygen atoms in total. The van der Waals surface area contributed by atoms with Crippen LogP contribution in [0.15, 0.2) is 42.5 Å². The molecule has 8 heteroatoms. The topological polar surface area (TPSA) is 66.5 Å². The summed E-state index contributed by atoms with van der Waals surface area (Å²) in [5.41, 5.74) is 2.48. The third kappa shape index (κ3) is 6.69. The number of amides is 1. The zero-order chi connectivity index (χ0) is 22.4. The van der Waals surface area contributed by atoms with E-state index in [1.54, 1.807) is 12.1 Å². The second-order valence-electron chi connectivity index (χ2n) is 7.98. The zero-order valence-corrected chi connectivity index (χ0v) is 19.9. The Hall–Kier alpha value is -1.60. The second kappa shape index (κ2) is 10.8. The molecule has 1 N–H and O–H groups in total. The van der Waals surface area contributed by atoms with Crippen molar-refractivity contribution in [2.45, 2.75) is 44.8 Å². The van der Waals surface area contributed by atoms with E-state index in [2.05, 4.69) is 12.2 Å². The lowest BCUT2D eigenvalue weighted by Crippen LogP contribution is -2.44. The number of nitrogens with one attached hydrogen (secondary N) is 1. The van der Waals surface area contributed by atoms with Crippen LogP contribution in [0, 0.1) is 5.92 Å². The van der Waals surface area contributed by atoms with Crippen LogP contribution in [-0.4, -0.2) is 31.7 Å². The van der Waals surface area contributed by atoms with E-state index in [0.29, 0.717) is 35.0 Å². The number of aryl methyl sites for hydroxylation is 1. The highest BCUT2D eigenvalue weighted by atomic mass is 35.5. The summed E-state index contributed by atoms with van der Waals surface area (Å²) < 4.78 is 27.3. The van der Waals surface area contributed by atoms with Crippen molar-refractivity contribution in [1.29, 1.82) is 0 Å². The number of anilines is 1. The van der Waals surface area contributed by atoms with Gasteiger partial charge in [-0.25, -0.2) is 12.7 Å². The number of hydrogen-bond donors (Lipinski definition) is 1. The van der Waals surface area contributed by atoms with Gasteiger partial charge < -0.3 is 5.32 Å². The van der Waals surface area contributed by atoms with Crippen molar-refractivity contribution < 1.29 is 13.2 Å². The molecule has 1 aliphatic rings. The lowest BCUT2D eigenvalue weighted by atomic mass is 9.98. The summed E-state index contributed by atoms with van der Waals surface area (Å²) in [5.74, 6) is -0.744. The van der Waals surface area contributed by atoms with Gasteiger partial charge in [0.2, 0.25) is 15.9 Å². The van der Waals surface area contributed by atoms with Crippen molar-refractivity contribution in [3.05, 3.63) is 63.6 Å². The fourth-order valence-electron chi connectivity index (χ4n) is 3.72. The second-order valence-corrected chi connectivity index (χ2v) is 10.8. The molecule has 168 valence electrons. The van der Waals surface area contributed by atoms with E-state index in [9.17, 15) is 13.2 Å². The third-order valence-electron chi connectivity index (χ3n) is 5.54. The number of halogens is 2. The molecule has 0 spiro atoms. The van der Waals surface area contributed by atoms with Gasteiger partial charge in [0.05, 0.1) is 11.7 Å². The minimum absolute atomic E-state index is 0.147. The van der Waals surface area contributed by atoms with Gasteiger partial charge in [0.1, 0.15) is 0 Å². The Labute approximate surface area is 194 Å². The first-order valence-corrected chi connectivity index (χ1v) is 13.0. The van der Waals surface area contributed by atoms with E-state index in [-0.39, 0.29) is 24.1 Å². The van der Waals surface area contributed by atoms with E-state index < -0.39 is 10.0 Å². The van der Waals surface area contributed by atoms with Crippen LogP contribution in [0.2, 0.25) is 10.0 Å². The van der Waals surface area contributed by atoms with Crippen LogP contribution in [-0.2, 0) is 27.0 Å².